The number of rotatable bonds is 7. The van der Waals surface area contributed by atoms with Crippen molar-refractivity contribution in [3.05, 3.63) is 23.8 Å². The summed E-state index contributed by atoms with van der Waals surface area (Å²) in [4.78, 5) is 11.0. The zero-order valence-electron chi connectivity index (χ0n) is 10.8. The summed E-state index contributed by atoms with van der Waals surface area (Å²) in [5.74, 6) is -1.30. The van der Waals surface area contributed by atoms with Crippen molar-refractivity contribution in [1.29, 1.82) is 0 Å². The van der Waals surface area contributed by atoms with Gasteiger partial charge in [-0.25, -0.2) is 13.2 Å². The summed E-state index contributed by atoms with van der Waals surface area (Å²) >= 11 is 0. The van der Waals surface area contributed by atoms with Crippen LogP contribution in [0, 0.1) is 0 Å². The van der Waals surface area contributed by atoms with Crippen LogP contribution in [0.15, 0.2) is 23.1 Å². The lowest BCUT2D eigenvalue weighted by Crippen LogP contribution is -2.13. The number of hydrogen-bond acceptors (Lipinski definition) is 5. The van der Waals surface area contributed by atoms with E-state index in [0.29, 0.717) is 6.61 Å². The van der Waals surface area contributed by atoms with E-state index in [1.807, 2.05) is 0 Å². The molecule has 106 valence electrons. The Labute approximate surface area is 111 Å². The molecule has 1 N–H and O–H groups in total. The first-order valence-electron chi connectivity index (χ1n) is 5.64. The molecule has 0 bridgehead atoms. The molecule has 0 atom stereocenters. The predicted molar refractivity (Wildman–Crippen MR) is 68.5 cm³/mol. The van der Waals surface area contributed by atoms with Gasteiger partial charge in [-0.05, 0) is 25.1 Å². The fourth-order valence-corrected chi connectivity index (χ4v) is 2.62. The third-order valence-electron chi connectivity index (χ3n) is 2.46. The van der Waals surface area contributed by atoms with Crippen molar-refractivity contribution in [3.8, 4) is 5.75 Å². The fraction of sp³-hybridized carbons (Fsp3) is 0.417. The zero-order chi connectivity index (χ0) is 14.5. The van der Waals surface area contributed by atoms with Crippen molar-refractivity contribution >= 4 is 15.8 Å². The standard InChI is InChI=1S/C12H16O6S/c1-3-18-6-7-19(15,16)9-4-5-11(17-2)10(8-9)12(13)14/h4-5,8H,3,6-7H2,1-2H3,(H,13,14). The van der Waals surface area contributed by atoms with E-state index >= 15 is 0 Å². The van der Waals surface area contributed by atoms with E-state index in [2.05, 4.69) is 0 Å². The molecule has 0 heterocycles. The minimum absolute atomic E-state index is 0.0506. The van der Waals surface area contributed by atoms with E-state index in [1.54, 1.807) is 6.92 Å². The monoisotopic (exact) mass is 288 g/mol. The largest absolute Gasteiger partial charge is 0.496 e. The molecule has 0 radical (unpaired) electrons. The first kappa shape index (κ1) is 15.5. The summed E-state index contributed by atoms with van der Waals surface area (Å²) in [5, 5.41) is 9.00. The van der Waals surface area contributed by atoms with Gasteiger partial charge in [0.15, 0.2) is 9.84 Å². The van der Waals surface area contributed by atoms with Crippen LogP contribution in [-0.4, -0.2) is 45.6 Å². The van der Waals surface area contributed by atoms with E-state index in [4.69, 9.17) is 14.6 Å². The van der Waals surface area contributed by atoms with Crippen molar-refractivity contribution in [2.45, 2.75) is 11.8 Å². The number of sulfone groups is 1. The Morgan fingerprint density at radius 3 is 2.58 bits per heavy atom. The lowest BCUT2D eigenvalue weighted by Gasteiger charge is -2.08. The van der Waals surface area contributed by atoms with Gasteiger partial charge in [0, 0.05) is 6.61 Å². The van der Waals surface area contributed by atoms with Gasteiger partial charge in [0.25, 0.3) is 0 Å². The van der Waals surface area contributed by atoms with E-state index in [0.717, 1.165) is 6.07 Å². The van der Waals surface area contributed by atoms with E-state index in [-0.39, 0.29) is 28.6 Å². The summed E-state index contributed by atoms with van der Waals surface area (Å²) in [6.45, 7) is 2.27. The number of aromatic carboxylic acids is 1. The van der Waals surface area contributed by atoms with Crippen molar-refractivity contribution in [2.75, 3.05) is 26.1 Å². The summed E-state index contributed by atoms with van der Waals surface area (Å²) in [7, 11) is -2.23. The van der Waals surface area contributed by atoms with Crippen LogP contribution in [0.1, 0.15) is 17.3 Å². The molecular formula is C12H16O6S. The van der Waals surface area contributed by atoms with Crippen LogP contribution in [0.4, 0.5) is 0 Å². The third kappa shape index (κ3) is 3.93. The predicted octanol–water partition coefficient (Wildman–Crippen LogP) is 1.20. The van der Waals surface area contributed by atoms with Gasteiger partial charge in [-0.2, -0.15) is 0 Å². The molecule has 0 saturated carbocycles. The highest BCUT2D eigenvalue weighted by atomic mass is 32.2. The molecule has 0 aliphatic carbocycles. The average molecular weight is 288 g/mol. The molecule has 0 aromatic heterocycles. The first-order valence-corrected chi connectivity index (χ1v) is 7.29. The highest BCUT2D eigenvalue weighted by Gasteiger charge is 2.19. The van der Waals surface area contributed by atoms with Crippen LogP contribution < -0.4 is 4.74 Å². The molecule has 6 nitrogen and oxygen atoms in total. The lowest BCUT2D eigenvalue weighted by molar-refractivity contribution is 0.0693. The van der Waals surface area contributed by atoms with Crippen LogP contribution >= 0.6 is 0 Å². The number of methoxy groups -OCH3 is 1. The normalized spacial score (nSPS) is 11.3. The number of carboxylic acids is 1. The minimum atomic E-state index is -3.56. The van der Waals surface area contributed by atoms with Gasteiger partial charge in [-0.1, -0.05) is 0 Å². The molecule has 0 fully saturated rings. The van der Waals surface area contributed by atoms with Crippen molar-refractivity contribution in [3.63, 3.8) is 0 Å². The highest BCUT2D eigenvalue weighted by molar-refractivity contribution is 7.91. The van der Waals surface area contributed by atoms with Gasteiger partial charge in [-0.3, -0.25) is 0 Å². The van der Waals surface area contributed by atoms with E-state index < -0.39 is 15.8 Å². The number of hydrogen-bond donors (Lipinski definition) is 1. The van der Waals surface area contributed by atoms with Gasteiger partial charge in [0.05, 0.1) is 24.4 Å². The number of ether oxygens (including phenoxy) is 2. The number of carboxylic acid groups (broad SMARTS) is 1. The molecule has 0 spiro atoms. The molecule has 1 aromatic carbocycles. The first-order chi connectivity index (χ1) is 8.92. The molecular weight excluding hydrogens is 272 g/mol. The molecule has 7 heteroatoms. The van der Waals surface area contributed by atoms with Crippen molar-refractivity contribution in [2.24, 2.45) is 0 Å². The molecule has 0 unspecified atom stereocenters. The quantitative estimate of drug-likeness (QED) is 0.758. The molecule has 19 heavy (non-hydrogen) atoms. The number of benzene rings is 1. The van der Waals surface area contributed by atoms with Crippen LogP contribution in [0.25, 0.3) is 0 Å². The molecule has 0 saturated heterocycles. The average Bonchev–Trinajstić information content (AvgIpc) is 2.38. The Hall–Kier alpha value is -1.60. The summed E-state index contributed by atoms with van der Waals surface area (Å²) in [6.07, 6.45) is 0. The second-order valence-electron chi connectivity index (χ2n) is 3.68. The smallest absolute Gasteiger partial charge is 0.339 e. The Morgan fingerprint density at radius 1 is 1.37 bits per heavy atom. The van der Waals surface area contributed by atoms with Crippen LogP contribution in [-0.2, 0) is 14.6 Å². The van der Waals surface area contributed by atoms with E-state index in [9.17, 15) is 13.2 Å². The highest BCUT2D eigenvalue weighted by Crippen LogP contribution is 2.23. The van der Waals surface area contributed by atoms with Gasteiger partial charge in [0.1, 0.15) is 11.3 Å². The Bertz CT molecular complexity index is 549. The third-order valence-corrected chi connectivity index (χ3v) is 4.14. The Kier molecular flexibility index (Phi) is 5.31. The van der Waals surface area contributed by atoms with Crippen molar-refractivity contribution in [1.82, 2.24) is 0 Å². The zero-order valence-corrected chi connectivity index (χ0v) is 11.6. The Balaban J connectivity index is 3.07. The topological polar surface area (TPSA) is 89.9 Å². The SMILES string of the molecule is CCOCCS(=O)(=O)c1ccc(OC)c(C(=O)O)c1. The van der Waals surface area contributed by atoms with Crippen LogP contribution in [0.5, 0.6) is 5.75 Å². The summed E-state index contributed by atoms with van der Waals surface area (Å²) in [5.41, 5.74) is -0.181. The minimum Gasteiger partial charge on any atom is -0.496 e. The van der Waals surface area contributed by atoms with Gasteiger partial charge in [0.2, 0.25) is 0 Å². The lowest BCUT2D eigenvalue weighted by atomic mass is 10.2. The van der Waals surface area contributed by atoms with Crippen LogP contribution in [0.2, 0.25) is 0 Å². The Morgan fingerprint density at radius 2 is 2.05 bits per heavy atom. The summed E-state index contributed by atoms with van der Waals surface area (Å²) < 4.78 is 33.8. The van der Waals surface area contributed by atoms with Gasteiger partial charge < -0.3 is 14.6 Å². The number of carbonyl (C=O) groups is 1. The van der Waals surface area contributed by atoms with Crippen molar-refractivity contribution < 1.29 is 27.8 Å². The molecule has 1 aromatic rings. The maximum atomic E-state index is 12.0. The van der Waals surface area contributed by atoms with Crippen LogP contribution in [0.3, 0.4) is 0 Å². The molecule has 1 rings (SSSR count). The molecule has 0 aliphatic rings. The molecule has 0 amide bonds. The van der Waals surface area contributed by atoms with Gasteiger partial charge in [-0.15, -0.1) is 0 Å². The van der Waals surface area contributed by atoms with Gasteiger partial charge >= 0.3 is 5.97 Å². The fourth-order valence-electron chi connectivity index (χ4n) is 1.48. The second-order valence-corrected chi connectivity index (χ2v) is 5.79. The summed E-state index contributed by atoms with van der Waals surface area (Å²) in [6, 6.07) is 3.76. The van der Waals surface area contributed by atoms with E-state index in [1.165, 1.54) is 19.2 Å². The molecule has 0 aliphatic heterocycles. The maximum absolute atomic E-state index is 12.0. The maximum Gasteiger partial charge on any atom is 0.339 e. The second kappa shape index (κ2) is 6.53.